The first kappa shape index (κ1) is 20.0. The second kappa shape index (κ2) is 8.59. The van der Waals surface area contributed by atoms with Crippen molar-refractivity contribution in [3.63, 3.8) is 0 Å². The summed E-state index contributed by atoms with van der Waals surface area (Å²) in [5, 5.41) is 6.45. The van der Waals surface area contributed by atoms with Crippen molar-refractivity contribution in [1.82, 2.24) is 0 Å². The number of anilines is 2. The molecule has 0 aromatic heterocycles. The number of methoxy groups -OCH3 is 1. The molecule has 2 amide bonds. The van der Waals surface area contributed by atoms with Gasteiger partial charge in [-0.25, -0.2) is 0 Å². The van der Waals surface area contributed by atoms with E-state index >= 15 is 0 Å². The van der Waals surface area contributed by atoms with Crippen LogP contribution in [-0.2, 0) is 4.79 Å². The summed E-state index contributed by atoms with van der Waals surface area (Å²) in [6.45, 7) is 0. The molecule has 6 heteroatoms. The number of nitrogens with one attached hydrogen (secondary N) is 2. The Hall–Kier alpha value is -3.31. The van der Waals surface area contributed by atoms with Gasteiger partial charge in [0.1, 0.15) is 5.75 Å². The first-order valence-electron chi connectivity index (χ1n) is 9.66. The van der Waals surface area contributed by atoms with Crippen LogP contribution in [0, 0.1) is 5.92 Å². The van der Waals surface area contributed by atoms with E-state index in [2.05, 4.69) is 10.6 Å². The van der Waals surface area contributed by atoms with Crippen LogP contribution < -0.4 is 15.4 Å². The highest BCUT2D eigenvalue weighted by atomic mass is 35.5. The number of carbonyl (C=O) groups excluding carboxylic acids is 2. The van der Waals surface area contributed by atoms with Gasteiger partial charge in [0.25, 0.3) is 5.91 Å². The van der Waals surface area contributed by atoms with Gasteiger partial charge in [0.15, 0.2) is 0 Å². The Bertz CT molecular complexity index is 1080. The third-order valence-electron chi connectivity index (χ3n) is 5.20. The third-order valence-corrected chi connectivity index (χ3v) is 5.55. The minimum Gasteiger partial charge on any atom is -0.495 e. The monoisotopic (exact) mass is 420 g/mol. The van der Waals surface area contributed by atoms with E-state index in [0.29, 0.717) is 27.7 Å². The Morgan fingerprint density at radius 1 is 0.933 bits per heavy atom. The quantitative estimate of drug-likeness (QED) is 0.565. The van der Waals surface area contributed by atoms with Gasteiger partial charge >= 0.3 is 0 Å². The first-order valence-corrected chi connectivity index (χ1v) is 10.0. The molecule has 0 bridgehead atoms. The van der Waals surface area contributed by atoms with Gasteiger partial charge in [-0.15, -0.1) is 0 Å². The van der Waals surface area contributed by atoms with Gasteiger partial charge in [-0.1, -0.05) is 41.9 Å². The molecule has 0 aliphatic heterocycles. The summed E-state index contributed by atoms with van der Waals surface area (Å²) in [5.41, 5.74) is 2.75. The van der Waals surface area contributed by atoms with E-state index in [4.69, 9.17) is 16.3 Å². The second-order valence-electron chi connectivity index (χ2n) is 7.19. The van der Waals surface area contributed by atoms with Crippen LogP contribution in [0.15, 0.2) is 72.8 Å². The van der Waals surface area contributed by atoms with Gasteiger partial charge in [-0.2, -0.15) is 0 Å². The Morgan fingerprint density at radius 3 is 2.37 bits per heavy atom. The zero-order chi connectivity index (χ0) is 21.1. The number of amides is 2. The maximum atomic E-state index is 12.6. The second-order valence-corrected chi connectivity index (χ2v) is 7.60. The predicted molar refractivity (Wildman–Crippen MR) is 118 cm³/mol. The molecule has 4 rings (SSSR count). The molecule has 0 spiro atoms. The van der Waals surface area contributed by atoms with Crippen molar-refractivity contribution in [3.05, 3.63) is 88.9 Å². The number of para-hydroxylation sites is 2. The maximum Gasteiger partial charge on any atom is 0.255 e. The first-order chi connectivity index (χ1) is 14.6. The van der Waals surface area contributed by atoms with Crippen molar-refractivity contribution in [3.8, 4) is 5.75 Å². The number of hydrogen-bond acceptors (Lipinski definition) is 3. The molecule has 1 aliphatic carbocycles. The lowest BCUT2D eigenvalue weighted by Gasteiger charge is -2.10. The maximum absolute atomic E-state index is 12.6. The average Bonchev–Trinajstić information content (AvgIpc) is 3.56. The molecule has 3 aromatic carbocycles. The summed E-state index contributed by atoms with van der Waals surface area (Å²) in [4.78, 5) is 25.1. The molecule has 2 atom stereocenters. The number of rotatable bonds is 6. The van der Waals surface area contributed by atoms with Gasteiger partial charge in [0.2, 0.25) is 5.91 Å². The summed E-state index contributed by atoms with van der Waals surface area (Å²) in [7, 11) is 1.55. The smallest absolute Gasteiger partial charge is 0.255 e. The fourth-order valence-corrected chi connectivity index (χ4v) is 3.76. The van der Waals surface area contributed by atoms with E-state index in [0.717, 1.165) is 12.0 Å². The zero-order valence-corrected chi connectivity index (χ0v) is 17.1. The summed E-state index contributed by atoms with van der Waals surface area (Å²) in [6, 6.07) is 21.7. The molecule has 0 heterocycles. The van der Waals surface area contributed by atoms with Crippen LogP contribution in [0.5, 0.6) is 5.75 Å². The van der Waals surface area contributed by atoms with Crippen molar-refractivity contribution < 1.29 is 14.3 Å². The lowest BCUT2D eigenvalue weighted by atomic mass is 10.1. The van der Waals surface area contributed by atoms with Crippen LogP contribution in [0.4, 0.5) is 11.4 Å². The Labute approximate surface area is 180 Å². The van der Waals surface area contributed by atoms with Crippen molar-refractivity contribution in [2.75, 3.05) is 17.7 Å². The van der Waals surface area contributed by atoms with Crippen LogP contribution in [0.2, 0.25) is 5.02 Å². The predicted octanol–water partition coefficient (Wildman–Crippen LogP) is 5.34. The number of halogens is 1. The highest BCUT2D eigenvalue weighted by Gasteiger charge is 2.44. The number of carbonyl (C=O) groups is 2. The zero-order valence-electron chi connectivity index (χ0n) is 16.4. The molecule has 2 N–H and O–H groups in total. The molecular weight excluding hydrogens is 400 g/mol. The van der Waals surface area contributed by atoms with Gasteiger partial charge in [0.05, 0.1) is 12.8 Å². The van der Waals surface area contributed by atoms with E-state index in [1.54, 1.807) is 43.5 Å². The summed E-state index contributed by atoms with van der Waals surface area (Å²) < 4.78 is 5.25. The normalized spacial score (nSPS) is 17.1. The molecule has 30 heavy (non-hydrogen) atoms. The molecular formula is C24H21ClN2O3. The number of benzene rings is 3. The van der Waals surface area contributed by atoms with Crippen LogP contribution in [0.1, 0.15) is 28.3 Å². The highest BCUT2D eigenvalue weighted by molar-refractivity contribution is 6.31. The molecule has 1 aliphatic rings. The lowest BCUT2D eigenvalue weighted by molar-refractivity contribution is -0.117. The van der Waals surface area contributed by atoms with Crippen LogP contribution >= 0.6 is 11.6 Å². The Morgan fingerprint density at radius 2 is 1.63 bits per heavy atom. The summed E-state index contributed by atoms with van der Waals surface area (Å²) in [5.74, 6) is 0.375. The Kier molecular flexibility index (Phi) is 5.72. The fraction of sp³-hybridized carbons (Fsp3) is 0.167. The van der Waals surface area contributed by atoms with E-state index in [-0.39, 0.29) is 23.7 Å². The molecule has 152 valence electrons. The van der Waals surface area contributed by atoms with Gasteiger partial charge in [0, 0.05) is 22.2 Å². The van der Waals surface area contributed by atoms with Gasteiger partial charge in [-0.05, 0) is 60.4 Å². The van der Waals surface area contributed by atoms with Gasteiger partial charge in [-0.3, -0.25) is 9.59 Å². The fourth-order valence-electron chi connectivity index (χ4n) is 3.49. The highest BCUT2D eigenvalue weighted by Crippen LogP contribution is 2.50. The molecule has 1 saturated carbocycles. The molecule has 5 nitrogen and oxygen atoms in total. The van der Waals surface area contributed by atoms with Crippen LogP contribution in [-0.4, -0.2) is 18.9 Å². The van der Waals surface area contributed by atoms with Crippen molar-refractivity contribution in [1.29, 1.82) is 0 Å². The van der Waals surface area contributed by atoms with E-state index < -0.39 is 0 Å². The van der Waals surface area contributed by atoms with Crippen molar-refractivity contribution in [2.45, 2.75) is 12.3 Å². The average molecular weight is 421 g/mol. The van der Waals surface area contributed by atoms with E-state index in [1.807, 2.05) is 36.4 Å². The van der Waals surface area contributed by atoms with Crippen LogP contribution in [0.25, 0.3) is 0 Å². The number of hydrogen-bond donors (Lipinski definition) is 2. The van der Waals surface area contributed by atoms with Crippen LogP contribution in [0.3, 0.4) is 0 Å². The third kappa shape index (κ3) is 4.31. The molecule has 1 fully saturated rings. The summed E-state index contributed by atoms with van der Waals surface area (Å²) in [6.07, 6.45) is 0.787. The standard InChI is InChI=1S/C24H21ClN2O3/c1-30-22-9-5-4-8-21(22)27-23(28)15-10-12-16(13-11-15)26-24(29)19-14-18(19)17-6-2-3-7-20(17)25/h2-13,18-19H,14H2,1H3,(H,26,29)(H,27,28). The Balaban J connectivity index is 1.36. The summed E-state index contributed by atoms with van der Waals surface area (Å²) >= 11 is 6.24. The van der Waals surface area contributed by atoms with E-state index in [1.165, 1.54) is 0 Å². The molecule has 0 radical (unpaired) electrons. The minimum absolute atomic E-state index is 0.0360. The number of ether oxygens (including phenoxy) is 1. The molecule has 2 unspecified atom stereocenters. The van der Waals surface area contributed by atoms with E-state index in [9.17, 15) is 9.59 Å². The van der Waals surface area contributed by atoms with Crippen molar-refractivity contribution >= 4 is 34.8 Å². The SMILES string of the molecule is COc1ccccc1NC(=O)c1ccc(NC(=O)C2CC2c2ccccc2Cl)cc1. The molecule has 0 saturated heterocycles. The van der Waals surface area contributed by atoms with Gasteiger partial charge < -0.3 is 15.4 Å². The lowest BCUT2D eigenvalue weighted by Crippen LogP contribution is -2.15. The molecule has 3 aromatic rings. The van der Waals surface area contributed by atoms with Crippen molar-refractivity contribution in [2.24, 2.45) is 5.92 Å². The topological polar surface area (TPSA) is 67.4 Å². The largest absolute Gasteiger partial charge is 0.495 e. The minimum atomic E-state index is -0.252.